The number of esters is 4. The van der Waals surface area contributed by atoms with Gasteiger partial charge in [-0.15, -0.1) is 0 Å². The van der Waals surface area contributed by atoms with Crippen LogP contribution in [0.1, 0.15) is 155 Å². The Balaban J connectivity index is 0.000000161. The third-order valence-corrected chi connectivity index (χ3v) is 28.3. The van der Waals surface area contributed by atoms with Crippen LogP contribution in [0.2, 0.25) is 0 Å². The van der Waals surface area contributed by atoms with Gasteiger partial charge in [0.25, 0.3) is 0 Å². The van der Waals surface area contributed by atoms with Crippen LogP contribution in [-0.2, 0) is 80.2 Å². The molecule has 0 saturated heterocycles. The van der Waals surface area contributed by atoms with Crippen molar-refractivity contribution in [3.05, 3.63) is 182 Å². The van der Waals surface area contributed by atoms with E-state index in [0.717, 1.165) is 77.0 Å². The number of ether oxygens (including phenoxy) is 4. The number of benzene rings is 6. The Hall–Kier alpha value is -5.08. The molecular weight excluding hydrogens is 1470 g/mol. The average Bonchev–Trinajstić information content (AvgIpc) is 0.724. The van der Waals surface area contributed by atoms with E-state index in [-0.39, 0.29) is 117 Å². The maximum atomic E-state index is 13.5. The van der Waals surface area contributed by atoms with Crippen LogP contribution in [0.5, 0.6) is 0 Å². The number of hydrogen-bond acceptors (Lipinski definition) is 14. The first-order valence-corrected chi connectivity index (χ1v) is 40.1. The Bertz CT molecular complexity index is 3550. The molecule has 0 spiro atoms. The quantitative estimate of drug-likeness (QED) is 0.0173. The molecular formula is C78H88BrF4NaO14S4. The van der Waals surface area contributed by atoms with Gasteiger partial charge in [-0.3, -0.25) is 19.2 Å². The van der Waals surface area contributed by atoms with Gasteiger partial charge in [-0.1, -0.05) is 123 Å². The van der Waals surface area contributed by atoms with Gasteiger partial charge < -0.3 is 45.0 Å². The summed E-state index contributed by atoms with van der Waals surface area (Å²) in [5, 5.41) is -9.37. The van der Waals surface area contributed by atoms with Crippen LogP contribution in [0.25, 0.3) is 0 Å². The molecule has 0 aromatic heterocycles. The summed E-state index contributed by atoms with van der Waals surface area (Å²) in [6.07, 6.45) is 15.0. The van der Waals surface area contributed by atoms with E-state index in [2.05, 4.69) is 182 Å². The zero-order chi connectivity index (χ0) is 71.2. The molecule has 10 aliphatic carbocycles. The van der Waals surface area contributed by atoms with Crippen LogP contribution in [0, 0.1) is 45.3 Å². The summed E-state index contributed by atoms with van der Waals surface area (Å²) in [7, 11) is -11.9. The summed E-state index contributed by atoms with van der Waals surface area (Å²) in [4.78, 5) is 60.8. The fraction of sp³-hybridized carbons (Fsp3) is 0.487. The molecule has 10 fully saturated rings. The number of hydrogen-bond donors (Lipinski definition) is 0. The molecule has 14 nitrogen and oxygen atoms in total. The molecule has 10 aliphatic rings. The minimum absolute atomic E-state index is 0. The van der Waals surface area contributed by atoms with Crippen LogP contribution in [0.4, 0.5) is 17.6 Å². The molecule has 544 valence electrons. The molecule has 6 aromatic rings. The monoisotopic (exact) mass is 1550 g/mol. The molecule has 16 rings (SSSR count). The Morgan fingerprint density at radius 3 is 0.804 bits per heavy atom. The molecule has 4 atom stereocenters. The fourth-order valence-corrected chi connectivity index (χ4v) is 22.7. The summed E-state index contributed by atoms with van der Waals surface area (Å²) in [6, 6.07) is 64.3. The summed E-state index contributed by atoms with van der Waals surface area (Å²) in [6.45, 7) is 0.402. The Morgan fingerprint density at radius 1 is 0.402 bits per heavy atom. The van der Waals surface area contributed by atoms with Gasteiger partial charge in [-0.25, -0.2) is 16.8 Å². The largest absolute Gasteiger partial charge is 1.00 e. The van der Waals surface area contributed by atoms with Crippen molar-refractivity contribution in [2.75, 3.05) is 13.2 Å². The molecule has 8 bridgehead atoms. The smallest absolute Gasteiger partial charge is 1.00 e. The molecule has 10 saturated carbocycles. The number of alkyl halides is 4. The number of carbonyl (C=O) groups excluding carboxylic acids is 4. The zero-order valence-corrected chi connectivity index (χ0v) is 64.7. The summed E-state index contributed by atoms with van der Waals surface area (Å²) in [5.41, 5.74) is -4.80. The Morgan fingerprint density at radius 2 is 0.608 bits per heavy atom. The van der Waals surface area contributed by atoms with Crippen molar-refractivity contribution in [1.82, 2.24) is 0 Å². The summed E-state index contributed by atoms with van der Waals surface area (Å²) < 4.78 is 140. The molecule has 24 heteroatoms. The second kappa shape index (κ2) is 33.4. The Labute approximate surface area is 635 Å². The third-order valence-electron chi connectivity index (χ3n) is 22.1. The molecule has 4 unspecified atom stereocenters. The van der Waals surface area contributed by atoms with E-state index < -0.39 is 88.8 Å². The molecule has 102 heavy (non-hydrogen) atoms. The van der Waals surface area contributed by atoms with Crippen LogP contribution >= 0.6 is 0 Å². The predicted octanol–water partition coefficient (Wildman–Crippen LogP) is 10.6. The van der Waals surface area contributed by atoms with Gasteiger partial charge in [-0.05, 0) is 238 Å². The minimum Gasteiger partial charge on any atom is -1.00 e. The first-order valence-electron chi connectivity index (χ1n) is 34.9. The van der Waals surface area contributed by atoms with E-state index in [0.29, 0.717) is 51.4 Å². The predicted molar refractivity (Wildman–Crippen MR) is 368 cm³/mol. The van der Waals surface area contributed by atoms with Crippen molar-refractivity contribution in [1.29, 1.82) is 0 Å². The first-order chi connectivity index (χ1) is 47.6. The van der Waals surface area contributed by atoms with E-state index in [1.54, 1.807) is 0 Å². The normalized spacial score (nSPS) is 26.1. The second-order valence-corrected chi connectivity index (χ2v) is 36.2. The number of rotatable bonds is 20. The minimum atomic E-state index is -5.94. The van der Waals surface area contributed by atoms with E-state index in [9.17, 15) is 62.7 Å². The van der Waals surface area contributed by atoms with Crippen molar-refractivity contribution < 1.29 is 128 Å². The van der Waals surface area contributed by atoms with E-state index in [1.165, 1.54) is 29.4 Å². The van der Waals surface area contributed by atoms with Crippen LogP contribution < -0.4 is 46.5 Å². The van der Waals surface area contributed by atoms with Crippen molar-refractivity contribution in [3.63, 3.8) is 0 Å². The molecule has 0 N–H and O–H groups in total. The van der Waals surface area contributed by atoms with Gasteiger partial charge >= 0.3 is 63.9 Å². The first kappa shape index (κ1) is 81.0. The Kier molecular flexibility index (Phi) is 26.5. The zero-order valence-electron chi connectivity index (χ0n) is 57.8. The molecule has 0 amide bonds. The van der Waals surface area contributed by atoms with Crippen molar-refractivity contribution in [2.24, 2.45) is 45.3 Å². The topological polar surface area (TPSA) is 220 Å². The number of halogens is 5. The standard InChI is InChI=1S/2C21H30F2O7S.2C18H15S.BrH.Na/c2*1-2-20(5-3-4-6-20)30-17(25)19-10-14-7-15(11-19)9-18(8-14,12-19)16(24)29-13-21(22,23)31(26,27)28;2*1-4-10-16(11-5-1)19(17-12-6-2-7-13-17)18-14-8-3-9-15-18;;/h2*14-15H,2-13H2,1H3,(H,26,27,28);2*1-15H;1H;/q;;2*+1;;+1/p-3. The van der Waals surface area contributed by atoms with Gasteiger partial charge in [0.1, 0.15) is 11.2 Å². The SMILES string of the molecule is CCC1(OC(=O)C23CC4CC(CC(C(=O)OCC(F)(F)S(=O)(=O)[O-])(C4)C2)C3)CCCC1.CCC1(OC(=O)C23CC4CC(CC(C(=O)OCC(F)(F)S(=O)(=O)[O-])(C4)C2)C3)CCCC1.[Br-].[Na+].c1ccc([S+](c2ccccc2)c2ccccc2)cc1.c1ccc([S+](c2ccccc2)c2ccccc2)cc1. The van der Waals surface area contributed by atoms with Crippen LogP contribution in [0.15, 0.2) is 211 Å². The molecule has 0 heterocycles. The van der Waals surface area contributed by atoms with E-state index >= 15 is 0 Å². The van der Waals surface area contributed by atoms with Gasteiger partial charge in [0, 0.05) is 0 Å². The van der Waals surface area contributed by atoms with Crippen LogP contribution in [0.3, 0.4) is 0 Å². The van der Waals surface area contributed by atoms with Crippen LogP contribution in [-0.4, -0.2) is 84.7 Å². The van der Waals surface area contributed by atoms with Gasteiger partial charge in [0.15, 0.2) is 62.8 Å². The van der Waals surface area contributed by atoms with Gasteiger partial charge in [-0.2, -0.15) is 17.6 Å². The van der Waals surface area contributed by atoms with Gasteiger partial charge in [0.2, 0.25) is 0 Å². The maximum absolute atomic E-state index is 13.5. The van der Waals surface area contributed by atoms with Crippen molar-refractivity contribution in [2.45, 2.75) is 206 Å². The maximum Gasteiger partial charge on any atom is 1.00 e. The molecule has 6 aromatic carbocycles. The van der Waals surface area contributed by atoms with E-state index in [4.69, 9.17) is 18.9 Å². The van der Waals surface area contributed by atoms with Crippen molar-refractivity contribution >= 4 is 65.9 Å². The fourth-order valence-electron chi connectivity index (χ4n) is 18.1. The molecule has 0 radical (unpaired) electrons. The summed E-state index contributed by atoms with van der Waals surface area (Å²) in [5.74, 6) is -2.11. The molecule has 0 aliphatic heterocycles. The van der Waals surface area contributed by atoms with Gasteiger partial charge in [0.05, 0.1) is 43.4 Å². The second-order valence-electron chi connectivity index (χ2n) is 29.1. The van der Waals surface area contributed by atoms with E-state index in [1.807, 2.05) is 13.8 Å². The average molecular weight is 1560 g/mol. The third kappa shape index (κ3) is 18.1. The number of carbonyl (C=O) groups is 4. The summed E-state index contributed by atoms with van der Waals surface area (Å²) >= 11 is 0. The van der Waals surface area contributed by atoms with Crippen molar-refractivity contribution in [3.8, 4) is 0 Å².